The number of aliphatic hydroxyl groups is 1. The summed E-state index contributed by atoms with van der Waals surface area (Å²) in [5.74, 6) is 1.03. The molecule has 0 amide bonds. The molecule has 4 nitrogen and oxygen atoms in total. The highest BCUT2D eigenvalue weighted by molar-refractivity contribution is 5.47. The van der Waals surface area contributed by atoms with Crippen LogP contribution in [0.5, 0.6) is 0 Å². The van der Waals surface area contributed by atoms with E-state index in [1.807, 2.05) is 13.8 Å². The van der Waals surface area contributed by atoms with Crippen molar-refractivity contribution in [2.45, 2.75) is 26.7 Å². The first-order valence-corrected chi connectivity index (χ1v) is 5.19. The summed E-state index contributed by atoms with van der Waals surface area (Å²) in [5, 5.41) is 19.8. The molecule has 0 unspecified atom stereocenters. The van der Waals surface area contributed by atoms with Gasteiger partial charge in [0.05, 0.1) is 11.5 Å². The molecule has 0 aliphatic rings. The van der Waals surface area contributed by atoms with Crippen molar-refractivity contribution in [3.05, 3.63) is 45.4 Å². The van der Waals surface area contributed by atoms with Gasteiger partial charge in [0.2, 0.25) is 0 Å². The topological polar surface area (TPSA) is 63.4 Å². The summed E-state index contributed by atoms with van der Waals surface area (Å²) in [6.45, 7) is 5.75. The molecule has 0 spiro atoms. The van der Waals surface area contributed by atoms with Crippen molar-refractivity contribution in [2.24, 2.45) is 0 Å². The third-order valence-corrected chi connectivity index (χ3v) is 2.57. The van der Waals surface area contributed by atoms with E-state index in [1.54, 1.807) is 13.0 Å². The van der Waals surface area contributed by atoms with Crippen LogP contribution in [0.4, 0.5) is 5.69 Å². The predicted molar refractivity (Wildman–Crippen MR) is 62.3 cm³/mol. The van der Waals surface area contributed by atoms with Gasteiger partial charge in [0.15, 0.2) is 0 Å². The van der Waals surface area contributed by atoms with E-state index in [2.05, 4.69) is 0 Å². The summed E-state index contributed by atoms with van der Waals surface area (Å²) >= 11 is 0. The van der Waals surface area contributed by atoms with E-state index >= 15 is 0 Å². The van der Waals surface area contributed by atoms with Gasteiger partial charge in [-0.15, -0.1) is 0 Å². The van der Waals surface area contributed by atoms with Crippen molar-refractivity contribution in [3.8, 4) is 0 Å². The van der Waals surface area contributed by atoms with Crippen molar-refractivity contribution in [2.75, 3.05) is 6.61 Å². The van der Waals surface area contributed by atoms with Gasteiger partial charge in [-0.2, -0.15) is 0 Å². The fourth-order valence-electron chi connectivity index (χ4n) is 1.62. The smallest absolute Gasteiger partial charge is 0.269 e. The Hall–Kier alpha value is -1.42. The average Bonchev–Trinajstić information content (AvgIpc) is 2.26. The summed E-state index contributed by atoms with van der Waals surface area (Å²) in [7, 11) is 0. The van der Waals surface area contributed by atoms with Crippen LogP contribution in [0, 0.1) is 16.0 Å². The standard InChI is InChI=1S/C12H16NO3/c1-8(2)11-5-4-10(13(15)16)6-12(11)9(3)7-14/h4-6,8,14H,7H2,1-3H3. The Balaban J connectivity index is 3.26. The summed E-state index contributed by atoms with van der Waals surface area (Å²) in [4.78, 5) is 10.3. The minimum atomic E-state index is -0.418. The van der Waals surface area contributed by atoms with Gasteiger partial charge >= 0.3 is 0 Å². The van der Waals surface area contributed by atoms with Crippen molar-refractivity contribution in [1.29, 1.82) is 0 Å². The van der Waals surface area contributed by atoms with E-state index in [4.69, 9.17) is 5.11 Å². The van der Waals surface area contributed by atoms with Crippen LogP contribution in [0.2, 0.25) is 0 Å². The third-order valence-electron chi connectivity index (χ3n) is 2.57. The number of hydrogen-bond donors (Lipinski definition) is 1. The maximum Gasteiger partial charge on any atom is 0.269 e. The monoisotopic (exact) mass is 222 g/mol. The van der Waals surface area contributed by atoms with E-state index in [-0.39, 0.29) is 18.2 Å². The zero-order valence-corrected chi connectivity index (χ0v) is 9.73. The summed E-state index contributed by atoms with van der Waals surface area (Å²) in [5.41, 5.74) is 1.87. The van der Waals surface area contributed by atoms with E-state index in [1.165, 1.54) is 12.1 Å². The molecule has 0 bridgehead atoms. The van der Waals surface area contributed by atoms with Crippen LogP contribution in [-0.4, -0.2) is 16.6 Å². The van der Waals surface area contributed by atoms with Crippen LogP contribution in [0.1, 0.15) is 37.8 Å². The number of rotatable bonds is 4. The van der Waals surface area contributed by atoms with E-state index < -0.39 is 4.92 Å². The molecule has 16 heavy (non-hydrogen) atoms. The van der Waals surface area contributed by atoms with E-state index in [0.717, 1.165) is 17.0 Å². The molecule has 0 heterocycles. The lowest BCUT2D eigenvalue weighted by Gasteiger charge is -2.16. The van der Waals surface area contributed by atoms with Gasteiger partial charge in [0.25, 0.3) is 5.69 Å². The molecule has 0 atom stereocenters. The van der Waals surface area contributed by atoms with Gasteiger partial charge in [-0.3, -0.25) is 10.1 Å². The Morgan fingerprint density at radius 3 is 2.56 bits per heavy atom. The highest BCUT2D eigenvalue weighted by Crippen LogP contribution is 2.29. The molecule has 1 aromatic rings. The molecule has 0 aliphatic carbocycles. The van der Waals surface area contributed by atoms with Crippen LogP contribution in [0.15, 0.2) is 18.2 Å². The lowest BCUT2D eigenvalue weighted by molar-refractivity contribution is -0.384. The summed E-state index contributed by atoms with van der Waals surface area (Å²) < 4.78 is 0. The van der Waals surface area contributed by atoms with Gasteiger partial charge in [0.1, 0.15) is 0 Å². The summed E-state index contributed by atoms with van der Waals surface area (Å²) in [6, 6.07) is 4.79. The average molecular weight is 222 g/mol. The van der Waals surface area contributed by atoms with Crippen molar-refractivity contribution in [1.82, 2.24) is 0 Å². The molecule has 1 rings (SSSR count). The third kappa shape index (κ3) is 2.58. The molecule has 4 heteroatoms. The second-order valence-corrected chi connectivity index (χ2v) is 4.12. The normalized spacial score (nSPS) is 11.1. The lowest BCUT2D eigenvalue weighted by atomic mass is 9.90. The Kier molecular flexibility index (Phi) is 4.01. The number of aliphatic hydroxyl groups excluding tert-OH is 1. The molecule has 0 fully saturated rings. The van der Waals surface area contributed by atoms with Crippen LogP contribution in [0.3, 0.4) is 0 Å². The Morgan fingerprint density at radius 2 is 2.12 bits per heavy atom. The van der Waals surface area contributed by atoms with Crippen LogP contribution in [0.25, 0.3) is 0 Å². The summed E-state index contributed by atoms with van der Waals surface area (Å²) in [6.07, 6.45) is 0. The molecule has 87 valence electrons. The number of non-ortho nitro benzene ring substituents is 1. The first kappa shape index (κ1) is 12.6. The zero-order valence-electron chi connectivity index (χ0n) is 9.73. The Morgan fingerprint density at radius 1 is 1.50 bits per heavy atom. The second kappa shape index (κ2) is 5.07. The van der Waals surface area contributed by atoms with Crippen molar-refractivity contribution >= 4 is 5.69 Å². The quantitative estimate of drug-likeness (QED) is 0.629. The van der Waals surface area contributed by atoms with Gasteiger partial charge in [-0.25, -0.2) is 0 Å². The van der Waals surface area contributed by atoms with Gasteiger partial charge in [-0.05, 0) is 17.0 Å². The zero-order chi connectivity index (χ0) is 12.3. The molecule has 1 N–H and O–H groups in total. The molecule has 0 saturated heterocycles. The van der Waals surface area contributed by atoms with Crippen molar-refractivity contribution in [3.63, 3.8) is 0 Å². The largest absolute Gasteiger partial charge is 0.395 e. The van der Waals surface area contributed by atoms with Gasteiger partial charge in [0, 0.05) is 18.1 Å². The highest BCUT2D eigenvalue weighted by atomic mass is 16.6. The van der Waals surface area contributed by atoms with E-state index in [0.29, 0.717) is 0 Å². The minimum absolute atomic E-state index is 0.0622. The maximum atomic E-state index is 10.7. The molecule has 1 radical (unpaired) electrons. The number of nitrogens with zero attached hydrogens (tertiary/aromatic N) is 1. The van der Waals surface area contributed by atoms with Crippen LogP contribution in [-0.2, 0) is 0 Å². The number of benzene rings is 1. The fourth-order valence-corrected chi connectivity index (χ4v) is 1.62. The SMILES string of the molecule is C[C](CO)c1cc([N+](=O)[O-])ccc1C(C)C. The number of hydrogen-bond acceptors (Lipinski definition) is 3. The van der Waals surface area contributed by atoms with Crippen molar-refractivity contribution < 1.29 is 10.0 Å². The minimum Gasteiger partial charge on any atom is -0.395 e. The maximum absolute atomic E-state index is 10.7. The highest BCUT2D eigenvalue weighted by Gasteiger charge is 2.17. The molecule has 0 saturated carbocycles. The lowest BCUT2D eigenvalue weighted by Crippen LogP contribution is -2.06. The first-order valence-electron chi connectivity index (χ1n) is 5.19. The van der Waals surface area contributed by atoms with Crippen LogP contribution >= 0.6 is 0 Å². The fraction of sp³-hybridized carbons (Fsp3) is 0.417. The molecule has 0 aliphatic heterocycles. The Bertz CT molecular complexity index is 388. The van der Waals surface area contributed by atoms with E-state index in [9.17, 15) is 10.1 Å². The molecule has 1 aromatic carbocycles. The first-order chi connectivity index (χ1) is 7.47. The predicted octanol–water partition coefficient (Wildman–Crippen LogP) is 2.65. The van der Waals surface area contributed by atoms with Gasteiger partial charge in [-0.1, -0.05) is 26.8 Å². The molecular weight excluding hydrogens is 206 g/mol. The van der Waals surface area contributed by atoms with Crippen LogP contribution < -0.4 is 0 Å². The number of nitro benzene ring substituents is 1. The number of nitro groups is 1. The second-order valence-electron chi connectivity index (χ2n) is 4.12. The Labute approximate surface area is 95.1 Å². The molecule has 0 aromatic heterocycles. The van der Waals surface area contributed by atoms with Gasteiger partial charge < -0.3 is 5.11 Å². The molecular formula is C12H16NO3.